The maximum absolute atomic E-state index is 12.2. The van der Waals surface area contributed by atoms with Crippen LogP contribution in [-0.2, 0) is 38.2 Å². The van der Waals surface area contributed by atoms with E-state index in [0.717, 1.165) is 116 Å². The van der Waals surface area contributed by atoms with Crippen molar-refractivity contribution in [2.45, 2.75) is 268 Å². The number of rotatable bonds is 54. The minimum atomic E-state index is -1.33. The van der Waals surface area contributed by atoms with Crippen molar-refractivity contribution in [3.8, 4) is 0 Å². The van der Waals surface area contributed by atoms with Gasteiger partial charge in [0.25, 0.3) is 0 Å². The van der Waals surface area contributed by atoms with E-state index in [1.807, 2.05) is 0 Å². The molecule has 0 bridgehead atoms. The molecule has 0 fully saturated rings. The Labute approximate surface area is 413 Å². The summed E-state index contributed by atoms with van der Waals surface area (Å²) in [7, 11) is 0. The van der Waals surface area contributed by atoms with E-state index in [1.54, 1.807) is 0 Å². The molecule has 0 unspecified atom stereocenters. The fourth-order valence-corrected chi connectivity index (χ4v) is 10.0. The Morgan fingerprint density at radius 3 is 0.623 bits per heavy atom. The first kappa shape index (κ1) is 65.7. The van der Waals surface area contributed by atoms with Crippen LogP contribution in [0.1, 0.15) is 257 Å². The van der Waals surface area contributed by atoms with Gasteiger partial charge in [-0.05, 0) is 77.0 Å². The summed E-state index contributed by atoms with van der Waals surface area (Å²) in [5.74, 6) is -4.99. The van der Waals surface area contributed by atoms with E-state index in [4.69, 9.17) is 19.7 Å². The van der Waals surface area contributed by atoms with Crippen molar-refractivity contribution < 1.29 is 79.1 Å². The second kappa shape index (κ2) is 42.4. The normalized spacial score (nSPS) is 12.1. The van der Waals surface area contributed by atoms with Gasteiger partial charge in [0.1, 0.15) is 0 Å². The van der Waals surface area contributed by atoms with Crippen LogP contribution in [0.3, 0.4) is 0 Å². The van der Waals surface area contributed by atoms with Crippen LogP contribution in [0.5, 0.6) is 0 Å². The number of aliphatic hydroxyl groups is 2. The van der Waals surface area contributed by atoms with Gasteiger partial charge in [-0.25, -0.2) is 0 Å². The fourth-order valence-electron chi connectivity index (χ4n) is 10.0. The number of carbonyl (C=O) groups is 6. The van der Waals surface area contributed by atoms with E-state index in [-0.39, 0.29) is 38.5 Å². The lowest BCUT2D eigenvalue weighted by Gasteiger charge is -2.59. The summed E-state index contributed by atoms with van der Waals surface area (Å²) in [6, 6.07) is 0. The zero-order valence-electron chi connectivity index (χ0n) is 42.5. The highest BCUT2D eigenvalue weighted by Crippen LogP contribution is 2.55. The van der Waals surface area contributed by atoms with Gasteiger partial charge in [0.15, 0.2) is 0 Å². The van der Waals surface area contributed by atoms with Gasteiger partial charge in [-0.15, -0.1) is 0 Å². The second-order valence-electron chi connectivity index (χ2n) is 19.6. The smallest absolute Gasteiger partial charge is 0.303 e. The molecule has 0 atom stereocenters. The molecule has 0 rings (SSSR count). The quantitative estimate of drug-likeness (QED) is 0.0263. The molecule has 404 valence electrons. The molecule has 0 aromatic heterocycles. The van der Waals surface area contributed by atoms with Crippen molar-refractivity contribution in [2.75, 3.05) is 26.4 Å². The van der Waals surface area contributed by atoms with Crippen LogP contribution in [0.25, 0.3) is 0 Å². The van der Waals surface area contributed by atoms with Crippen LogP contribution in [0, 0.1) is 5.41 Å². The van der Waals surface area contributed by atoms with Crippen molar-refractivity contribution in [2.24, 2.45) is 5.41 Å². The van der Waals surface area contributed by atoms with E-state index in [1.165, 1.54) is 0 Å². The summed E-state index contributed by atoms with van der Waals surface area (Å²) >= 11 is 0. The lowest BCUT2D eigenvalue weighted by atomic mass is 9.56. The molecule has 16 nitrogen and oxygen atoms in total. The van der Waals surface area contributed by atoms with E-state index >= 15 is 0 Å². The van der Waals surface area contributed by atoms with Crippen LogP contribution in [0.15, 0.2) is 0 Å². The number of unbranched alkanes of at least 4 members (excludes halogenated alkanes) is 24. The molecular weight excluding hydrogens is 893 g/mol. The Kier molecular flexibility index (Phi) is 40.3. The highest BCUT2D eigenvalue weighted by atomic mass is 16.5. The van der Waals surface area contributed by atoms with Gasteiger partial charge in [-0.2, -0.15) is 0 Å². The molecule has 0 heterocycles. The van der Waals surface area contributed by atoms with E-state index in [9.17, 15) is 59.4 Å². The molecule has 0 aliphatic heterocycles. The SMILES string of the molecule is O=C(O)CCCCCCCOC(CCCCCCCC(=O)O)(CCCCCCCC(=O)O)C(CO)(CO)C(CCCCCCCC(=O)O)(CCCCCCCC(=O)O)OCCCCCCCC(=O)O. The number of aliphatic hydroxyl groups excluding tert-OH is 2. The summed E-state index contributed by atoms with van der Waals surface area (Å²) in [6.07, 6.45) is 24.1. The third-order valence-electron chi connectivity index (χ3n) is 14.0. The Hall–Kier alpha value is -3.34. The molecule has 16 heteroatoms. The minimum Gasteiger partial charge on any atom is -0.481 e. The van der Waals surface area contributed by atoms with Crippen LogP contribution < -0.4 is 0 Å². The van der Waals surface area contributed by atoms with Crippen molar-refractivity contribution >= 4 is 35.8 Å². The topological polar surface area (TPSA) is 283 Å². The van der Waals surface area contributed by atoms with Crippen LogP contribution in [-0.4, -0.2) is 114 Å². The number of carboxylic acids is 6. The minimum absolute atomic E-state index is 0.0925. The molecule has 0 saturated heterocycles. The number of aliphatic carboxylic acids is 6. The Morgan fingerprint density at radius 2 is 0.435 bits per heavy atom. The predicted octanol–water partition coefficient (Wildman–Crippen LogP) is 11.6. The van der Waals surface area contributed by atoms with Crippen LogP contribution >= 0.6 is 0 Å². The number of hydrogen-bond acceptors (Lipinski definition) is 10. The number of ether oxygens (including phenoxy) is 2. The monoisotopic (exact) mass is 989 g/mol. The summed E-state index contributed by atoms with van der Waals surface area (Å²) in [5.41, 5.74) is -3.52. The summed E-state index contributed by atoms with van der Waals surface area (Å²) in [6.45, 7) is -0.223. The van der Waals surface area contributed by atoms with Gasteiger partial charge in [0.05, 0.1) is 29.8 Å². The average molecular weight is 989 g/mol. The van der Waals surface area contributed by atoms with Gasteiger partial charge in [0.2, 0.25) is 0 Å². The van der Waals surface area contributed by atoms with Gasteiger partial charge in [0, 0.05) is 51.7 Å². The van der Waals surface area contributed by atoms with Gasteiger partial charge in [-0.1, -0.05) is 141 Å². The van der Waals surface area contributed by atoms with Crippen LogP contribution in [0.2, 0.25) is 0 Å². The summed E-state index contributed by atoms with van der Waals surface area (Å²) in [5, 5.41) is 79.6. The van der Waals surface area contributed by atoms with Crippen molar-refractivity contribution in [3.63, 3.8) is 0 Å². The molecule has 0 spiro atoms. The zero-order chi connectivity index (χ0) is 51.5. The zero-order valence-corrected chi connectivity index (χ0v) is 42.5. The van der Waals surface area contributed by atoms with Crippen molar-refractivity contribution in [1.29, 1.82) is 0 Å². The average Bonchev–Trinajstić information content (AvgIpc) is 3.29. The third kappa shape index (κ3) is 32.3. The molecule has 0 saturated carbocycles. The van der Waals surface area contributed by atoms with E-state index in [2.05, 4.69) is 0 Å². The maximum Gasteiger partial charge on any atom is 0.303 e. The van der Waals surface area contributed by atoms with Gasteiger partial charge in [-0.3, -0.25) is 28.8 Å². The van der Waals surface area contributed by atoms with Crippen molar-refractivity contribution in [3.05, 3.63) is 0 Å². The lowest BCUT2D eigenvalue weighted by molar-refractivity contribution is -0.274. The largest absolute Gasteiger partial charge is 0.481 e. The Balaban J connectivity index is 7.37. The molecule has 0 aliphatic rings. The van der Waals surface area contributed by atoms with Gasteiger partial charge >= 0.3 is 35.8 Å². The molecule has 0 aliphatic carbocycles. The Bertz CT molecular complexity index is 1200. The number of carboxylic acid groups (broad SMARTS) is 6. The Morgan fingerprint density at radius 1 is 0.261 bits per heavy atom. The van der Waals surface area contributed by atoms with Crippen LogP contribution in [0.4, 0.5) is 0 Å². The first-order chi connectivity index (χ1) is 33.1. The summed E-state index contributed by atoms with van der Waals surface area (Å²) in [4.78, 5) is 67.2. The molecule has 8 N–H and O–H groups in total. The first-order valence-corrected chi connectivity index (χ1v) is 26.9. The number of hydrogen-bond donors (Lipinski definition) is 8. The van der Waals surface area contributed by atoms with E-state index in [0.29, 0.717) is 116 Å². The highest BCUT2D eigenvalue weighted by molar-refractivity contribution is 5.68. The molecule has 69 heavy (non-hydrogen) atoms. The predicted molar refractivity (Wildman–Crippen MR) is 264 cm³/mol. The summed E-state index contributed by atoms with van der Waals surface area (Å²) < 4.78 is 14.6. The fraction of sp³-hybridized carbons (Fsp3) is 0.887. The molecule has 0 aromatic rings. The standard InChI is InChI=1S/C53H96O16/c54-43-51(44-55,52(37-25-13-1-7-19-31-45(56)57,38-26-14-2-8-20-32-46(58)59)68-41-29-17-5-11-23-35-49(64)65)53(39-27-15-3-9-21-33-47(60)61,40-28-16-4-10-22-34-48(62)63)69-42-30-18-6-12-24-36-50(66)67/h54-55H,1-44H2,(H,56,57)(H,58,59)(H,60,61)(H,62,63)(H,64,65)(H,66,67). The third-order valence-corrected chi connectivity index (χ3v) is 14.0. The first-order valence-electron chi connectivity index (χ1n) is 26.9. The van der Waals surface area contributed by atoms with Crippen molar-refractivity contribution in [1.82, 2.24) is 0 Å². The maximum atomic E-state index is 12.2. The molecule has 0 aromatic carbocycles. The highest BCUT2D eigenvalue weighted by Gasteiger charge is 2.63. The van der Waals surface area contributed by atoms with Gasteiger partial charge < -0.3 is 50.3 Å². The lowest BCUT2D eigenvalue weighted by Crippen LogP contribution is -2.68. The molecular formula is C53H96O16. The molecule has 0 amide bonds. The second-order valence-corrected chi connectivity index (χ2v) is 19.6. The van der Waals surface area contributed by atoms with E-state index < -0.39 is 65.6 Å². The molecule has 0 radical (unpaired) electrons.